The lowest BCUT2D eigenvalue weighted by atomic mass is 10.3. The van der Waals surface area contributed by atoms with E-state index in [-0.39, 0.29) is 18.9 Å². The van der Waals surface area contributed by atoms with Crippen molar-refractivity contribution >= 4 is 35.0 Å². The number of carbonyl (C=O) groups is 1. The van der Waals surface area contributed by atoms with Gasteiger partial charge in [0, 0.05) is 15.6 Å². The molecule has 0 saturated heterocycles. The predicted molar refractivity (Wildman–Crippen MR) is 88.5 cm³/mol. The van der Waals surface area contributed by atoms with Crippen LogP contribution in [0.4, 0.5) is 14.5 Å². The van der Waals surface area contributed by atoms with Gasteiger partial charge in [0.2, 0.25) is 5.91 Å². The Balaban J connectivity index is 1.79. The summed E-state index contributed by atoms with van der Waals surface area (Å²) in [6.07, 6.45) is 0.148. The fraction of sp³-hybridized carbons (Fsp3) is 0.188. The van der Waals surface area contributed by atoms with Crippen LogP contribution in [0.2, 0.25) is 5.02 Å². The molecule has 0 radical (unpaired) electrons. The third-order valence-electron chi connectivity index (χ3n) is 2.75. The molecule has 2 rings (SSSR count). The molecule has 122 valence electrons. The van der Waals surface area contributed by atoms with Crippen LogP contribution < -0.4 is 10.1 Å². The number of alkyl halides is 2. The minimum Gasteiger partial charge on any atom is -0.493 e. The Labute approximate surface area is 142 Å². The van der Waals surface area contributed by atoms with Gasteiger partial charge in [-0.15, -0.1) is 0 Å². The molecular weight excluding hydrogens is 344 g/mol. The first kappa shape index (κ1) is 17.6. The minimum atomic E-state index is -2.49. The molecule has 0 bridgehead atoms. The maximum Gasteiger partial charge on any atom is 0.288 e. The molecule has 7 heteroatoms. The summed E-state index contributed by atoms with van der Waals surface area (Å²) < 4.78 is 30.1. The van der Waals surface area contributed by atoms with Crippen molar-refractivity contribution in [2.75, 3.05) is 11.9 Å². The zero-order valence-corrected chi connectivity index (χ0v) is 13.5. The molecule has 3 nitrogen and oxygen atoms in total. The topological polar surface area (TPSA) is 38.3 Å². The molecule has 2 aromatic carbocycles. The van der Waals surface area contributed by atoms with E-state index in [0.717, 1.165) is 0 Å². The second kappa shape index (κ2) is 8.74. The van der Waals surface area contributed by atoms with Crippen LogP contribution in [0.3, 0.4) is 0 Å². The molecule has 0 heterocycles. The summed E-state index contributed by atoms with van der Waals surface area (Å²) in [5.41, 5.74) is 0.479. The van der Waals surface area contributed by atoms with Crippen LogP contribution in [-0.2, 0) is 4.79 Å². The van der Waals surface area contributed by atoms with Crippen LogP contribution in [0.5, 0.6) is 5.75 Å². The van der Waals surface area contributed by atoms with Crippen molar-refractivity contribution in [2.24, 2.45) is 0 Å². The van der Waals surface area contributed by atoms with Gasteiger partial charge in [-0.05, 0) is 42.5 Å². The lowest BCUT2D eigenvalue weighted by Crippen LogP contribution is -2.15. The molecule has 0 atom stereocenters. The Hall–Kier alpha value is -1.79. The Bertz CT molecular complexity index is 653. The van der Waals surface area contributed by atoms with Gasteiger partial charge in [-0.1, -0.05) is 29.4 Å². The molecule has 2 aromatic rings. The number of thioether (sulfide) groups is 1. The summed E-state index contributed by atoms with van der Waals surface area (Å²) in [7, 11) is 0. The van der Waals surface area contributed by atoms with Crippen molar-refractivity contribution in [3.63, 3.8) is 0 Å². The maximum absolute atomic E-state index is 12.3. The second-order valence-corrected chi connectivity index (χ2v) is 6.01. The van der Waals surface area contributed by atoms with E-state index in [0.29, 0.717) is 33.1 Å². The summed E-state index contributed by atoms with van der Waals surface area (Å²) in [6.45, 7) is 0.207. The van der Waals surface area contributed by atoms with Crippen LogP contribution in [0.1, 0.15) is 6.42 Å². The zero-order chi connectivity index (χ0) is 16.7. The van der Waals surface area contributed by atoms with Crippen molar-refractivity contribution in [2.45, 2.75) is 17.1 Å². The summed E-state index contributed by atoms with van der Waals surface area (Å²) in [6, 6.07) is 13.2. The Morgan fingerprint density at radius 3 is 2.65 bits per heavy atom. The average molecular weight is 358 g/mol. The van der Waals surface area contributed by atoms with Gasteiger partial charge in [0.05, 0.1) is 13.0 Å². The lowest BCUT2D eigenvalue weighted by molar-refractivity contribution is -0.116. The van der Waals surface area contributed by atoms with Crippen LogP contribution in [-0.4, -0.2) is 18.3 Å². The van der Waals surface area contributed by atoms with E-state index in [4.69, 9.17) is 16.3 Å². The first-order valence-corrected chi connectivity index (χ1v) is 8.02. The Kier molecular flexibility index (Phi) is 6.67. The third kappa shape index (κ3) is 6.46. The van der Waals surface area contributed by atoms with E-state index in [9.17, 15) is 13.6 Å². The molecular formula is C16H14ClF2NO2S. The largest absolute Gasteiger partial charge is 0.493 e. The summed E-state index contributed by atoms with van der Waals surface area (Å²) in [4.78, 5) is 12.2. The van der Waals surface area contributed by atoms with Crippen molar-refractivity contribution in [3.05, 3.63) is 53.6 Å². The first-order valence-electron chi connectivity index (χ1n) is 6.76. The molecule has 1 amide bonds. The minimum absolute atomic E-state index is 0.148. The molecule has 0 unspecified atom stereocenters. The first-order chi connectivity index (χ1) is 11.0. The number of hydrogen-bond donors (Lipinski definition) is 1. The highest BCUT2D eigenvalue weighted by molar-refractivity contribution is 7.99. The molecule has 1 N–H and O–H groups in total. The van der Waals surface area contributed by atoms with Gasteiger partial charge >= 0.3 is 0 Å². The number of nitrogens with one attached hydrogen (secondary N) is 1. The highest BCUT2D eigenvalue weighted by atomic mass is 35.5. The molecule has 0 saturated carbocycles. The van der Waals surface area contributed by atoms with Gasteiger partial charge in [0.15, 0.2) is 0 Å². The fourth-order valence-electron chi connectivity index (χ4n) is 1.77. The van der Waals surface area contributed by atoms with Gasteiger partial charge in [-0.2, -0.15) is 8.78 Å². The molecule has 0 spiro atoms. The monoisotopic (exact) mass is 357 g/mol. The van der Waals surface area contributed by atoms with E-state index in [1.54, 1.807) is 42.5 Å². The van der Waals surface area contributed by atoms with Crippen molar-refractivity contribution in [3.8, 4) is 5.75 Å². The maximum atomic E-state index is 12.3. The highest BCUT2D eigenvalue weighted by Gasteiger charge is 2.07. The summed E-state index contributed by atoms with van der Waals surface area (Å²) in [5.74, 6) is -2.12. The number of carbonyl (C=O) groups excluding carboxylic acids is 1. The number of hydrogen-bond acceptors (Lipinski definition) is 3. The van der Waals surface area contributed by atoms with E-state index in [1.165, 1.54) is 6.07 Å². The van der Waals surface area contributed by atoms with E-state index < -0.39 is 5.76 Å². The zero-order valence-electron chi connectivity index (χ0n) is 12.0. The van der Waals surface area contributed by atoms with Gasteiger partial charge in [-0.25, -0.2) is 0 Å². The fourth-order valence-corrected chi connectivity index (χ4v) is 2.45. The van der Waals surface area contributed by atoms with E-state index in [1.807, 2.05) is 0 Å². The predicted octanol–water partition coefficient (Wildman–Crippen LogP) is 5.06. The van der Waals surface area contributed by atoms with Crippen molar-refractivity contribution < 1.29 is 18.3 Å². The standard InChI is InChI=1S/C16H14ClF2NO2S/c17-11-4-6-13(7-5-11)22-9-8-15(21)20-12-2-1-3-14(10-12)23-16(18)19/h1-7,10,16H,8-9H2,(H,20,21). The SMILES string of the molecule is O=C(CCOc1ccc(Cl)cc1)Nc1cccc(SC(F)F)c1. The van der Waals surface area contributed by atoms with Gasteiger partial charge < -0.3 is 10.1 Å². The summed E-state index contributed by atoms with van der Waals surface area (Å²) >= 11 is 6.20. The van der Waals surface area contributed by atoms with Crippen LogP contribution in [0, 0.1) is 0 Å². The van der Waals surface area contributed by atoms with E-state index >= 15 is 0 Å². The number of amides is 1. The van der Waals surface area contributed by atoms with Crippen LogP contribution in [0.15, 0.2) is 53.4 Å². The number of halogens is 3. The molecule has 23 heavy (non-hydrogen) atoms. The average Bonchev–Trinajstić information content (AvgIpc) is 2.49. The quantitative estimate of drug-likeness (QED) is 0.704. The Morgan fingerprint density at radius 2 is 1.96 bits per heavy atom. The van der Waals surface area contributed by atoms with Crippen molar-refractivity contribution in [1.29, 1.82) is 0 Å². The lowest BCUT2D eigenvalue weighted by Gasteiger charge is -2.08. The summed E-state index contributed by atoms with van der Waals surface area (Å²) in [5, 5.41) is 3.26. The normalized spacial score (nSPS) is 10.6. The molecule has 0 aliphatic rings. The highest BCUT2D eigenvalue weighted by Crippen LogP contribution is 2.27. The molecule has 0 aliphatic heterocycles. The number of anilines is 1. The van der Waals surface area contributed by atoms with Crippen LogP contribution in [0.25, 0.3) is 0 Å². The number of ether oxygens (including phenoxy) is 1. The molecule has 0 aromatic heterocycles. The van der Waals surface area contributed by atoms with Crippen LogP contribution >= 0.6 is 23.4 Å². The van der Waals surface area contributed by atoms with Gasteiger partial charge in [0.25, 0.3) is 5.76 Å². The number of benzene rings is 2. The molecule has 0 fully saturated rings. The Morgan fingerprint density at radius 1 is 1.22 bits per heavy atom. The van der Waals surface area contributed by atoms with Crippen molar-refractivity contribution in [1.82, 2.24) is 0 Å². The third-order valence-corrected chi connectivity index (χ3v) is 3.71. The second-order valence-electron chi connectivity index (χ2n) is 4.51. The number of rotatable bonds is 7. The molecule has 0 aliphatic carbocycles. The smallest absolute Gasteiger partial charge is 0.288 e. The van der Waals surface area contributed by atoms with Gasteiger partial charge in [0.1, 0.15) is 5.75 Å². The van der Waals surface area contributed by atoms with E-state index in [2.05, 4.69) is 5.32 Å². The van der Waals surface area contributed by atoms with Gasteiger partial charge in [-0.3, -0.25) is 4.79 Å².